The summed E-state index contributed by atoms with van der Waals surface area (Å²) >= 11 is 5.22. The minimum absolute atomic E-state index is 0.436. The van der Waals surface area contributed by atoms with Crippen molar-refractivity contribution in [2.45, 2.75) is 18.4 Å². The lowest BCUT2D eigenvalue weighted by Crippen LogP contribution is -1.99. The van der Waals surface area contributed by atoms with E-state index >= 15 is 0 Å². The molecule has 1 heterocycles. The maximum Gasteiger partial charge on any atom is 0.0701 e. The number of hydrogen-bond acceptors (Lipinski definition) is 2. The standard InChI is InChI=1S/C7H8BrNS/c8-7-2-1-6(10-7)4-3-5(4)9/h1-2,4-5H,3,9H2. The first kappa shape index (κ1) is 6.83. The normalized spacial score (nSPS) is 30.6. The summed E-state index contributed by atoms with van der Waals surface area (Å²) in [5, 5.41) is 0. The highest BCUT2D eigenvalue weighted by atomic mass is 79.9. The fraction of sp³-hybridized carbons (Fsp3) is 0.429. The summed E-state index contributed by atoms with van der Waals surface area (Å²) in [5.41, 5.74) is 5.70. The number of thiophene rings is 1. The molecule has 1 fully saturated rings. The molecule has 0 aromatic carbocycles. The van der Waals surface area contributed by atoms with Crippen molar-refractivity contribution < 1.29 is 0 Å². The summed E-state index contributed by atoms with van der Waals surface area (Å²) in [5.74, 6) is 0.663. The van der Waals surface area contributed by atoms with E-state index in [4.69, 9.17) is 5.73 Å². The molecule has 54 valence electrons. The average molecular weight is 218 g/mol. The molecule has 1 aromatic rings. The van der Waals surface area contributed by atoms with Gasteiger partial charge in [-0.15, -0.1) is 11.3 Å². The number of nitrogens with two attached hydrogens (primary N) is 1. The number of halogens is 1. The number of rotatable bonds is 1. The van der Waals surface area contributed by atoms with Gasteiger partial charge in [0.25, 0.3) is 0 Å². The predicted molar refractivity (Wildman–Crippen MR) is 47.4 cm³/mol. The quantitative estimate of drug-likeness (QED) is 0.769. The van der Waals surface area contributed by atoms with E-state index in [1.54, 1.807) is 11.3 Å². The van der Waals surface area contributed by atoms with Crippen molar-refractivity contribution in [2.24, 2.45) is 5.73 Å². The van der Waals surface area contributed by atoms with E-state index in [1.807, 2.05) is 0 Å². The highest BCUT2D eigenvalue weighted by Gasteiger charge is 2.35. The minimum atomic E-state index is 0.436. The van der Waals surface area contributed by atoms with Crippen molar-refractivity contribution in [1.29, 1.82) is 0 Å². The van der Waals surface area contributed by atoms with E-state index in [0.717, 1.165) is 0 Å². The van der Waals surface area contributed by atoms with Crippen molar-refractivity contribution in [3.63, 3.8) is 0 Å². The molecule has 0 radical (unpaired) electrons. The first-order valence-electron chi connectivity index (χ1n) is 3.28. The van der Waals surface area contributed by atoms with E-state index in [1.165, 1.54) is 15.1 Å². The summed E-state index contributed by atoms with van der Waals surface area (Å²) in [7, 11) is 0. The van der Waals surface area contributed by atoms with Crippen molar-refractivity contribution in [1.82, 2.24) is 0 Å². The highest BCUT2D eigenvalue weighted by molar-refractivity contribution is 9.11. The summed E-state index contributed by atoms with van der Waals surface area (Å²) in [6.45, 7) is 0. The summed E-state index contributed by atoms with van der Waals surface area (Å²) in [6, 6.07) is 4.68. The van der Waals surface area contributed by atoms with Gasteiger partial charge in [0.1, 0.15) is 0 Å². The Hall–Kier alpha value is 0.140. The minimum Gasteiger partial charge on any atom is -0.327 e. The van der Waals surface area contributed by atoms with Gasteiger partial charge in [0.05, 0.1) is 3.79 Å². The van der Waals surface area contributed by atoms with Gasteiger partial charge in [0.2, 0.25) is 0 Å². The Bertz CT molecular complexity index is 246. The smallest absolute Gasteiger partial charge is 0.0701 e. The summed E-state index contributed by atoms with van der Waals surface area (Å²) in [4.78, 5) is 1.43. The molecule has 1 saturated carbocycles. The molecule has 0 spiro atoms. The van der Waals surface area contributed by atoms with Gasteiger partial charge in [-0.05, 0) is 34.5 Å². The van der Waals surface area contributed by atoms with Crippen molar-refractivity contribution in [2.75, 3.05) is 0 Å². The Balaban J connectivity index is 2.20. The van der Waals surface area contributed by atoms with Gasteiger partial charge in [0, 0.05) is 16.8 Å². The van der Waals surface area contributed by atoms with Crippen LogP contribution >= 0.6 is 27.3 Å². The first-order chi connectivity index (χ1) is 4.77. The highest BCUT2D eigenvalue weighted by Crippen LogP contribution is 2.43. The van der Waals surface area contributed by atoms with E-state index in [0.29, 0.717) is 12.0 Å². The second kappa shape index (κ2) is 2.32. The lowest BCUT2D eigenvalue weighted by Gasteiger charge is -1.86. The maximum atomic E-state index is 5.70. The zero-order valence-corrected chi connectivity index (χ0v) is 7.78. The monoisotopic (exact) mass is 217 g/mol. The maximum absolute atomic E-state index is 5.70. The summed E-state index contributed by atoms with van der Waals surface area (Å²) < 4.78 is 1.21. The zero-order chi connectivity index (χ0) is 7.14. The Morgan fingerprint density at radius 2 is 2.30 bits per heavy atom. The largest absolute Gasteiger partial charge is 0.327 e. The van der Waals surface area contributed by atoms with Crippen LogP contribution in [0, 0.1) is 0 Å². The zero-order valence-electron chi connectivity index (χ0n) is 5.38. The van der Waals surface area contributed by atoms with E-state index < -0.39 is 0 Å². The molecule has 2 N–H and O–H groups in total. The molecule has 0 saturated heterocycles. The van der Waals surface area contributed by atoms with Crippen LogP contribution < -0.4 is 5.73 Å². The predicted octanol–water partition coefficient (Wildman–Crippen LogP) is 2.33. The second-order valence-electron chi connectivity index (χ2n) is 2.65. The van der Waals surface area contributed by atoms with Crippen LogP contribution in [0.25, 0.3) is 0 Å². The van der Waals surface area contributed by atoms with Gasteiger partial charge in [0.15, 0.2) is 0 Å². The van der Waals surface area contributed by atoms with Crippen molar-refractivity contribution in [3.05, 3.63) is 20.8 Å². The van der Waals surface area contributed by atoms with E-state index in [2.05, 4.69) is 28.1 Å². The third-order valence-corrected chi connectivity index (χ3v) is 3.55. The molecule has 1 aliphatic rings. The topological polar surface area (TPSA) is 26.0 Å². The molecule has 1 aliphatic carbocycles. The Morgan fingerprint density at radius 1 is 1.60 bits per heavy atom. The van der Waals surface area contributed by atoms with E-state index in [9.17, 15) is 0 Å². The summed E-state index contributed by atoms with van der Waals surface area (Å²) in [6.07, 6.45) is 1.17. The van der Waals surface area contributed by atoms with Crippen molar-refractivity contribution in [3.8, 4) is 0 Å². The Morgan fingerprint density at radius 3 is 2.70 bits per heavy atom. The van der Waals surface area contributed by atoms with Gasteiger partial charge in [-0.1, -0.05) is 0 Å². The molecule has 1 aromatic heterocycles. The van der Waals surface area contributed by atoms with Crippen LogP contribution in [0.15, 0.2) is 15.9 Å². The lowest BCUT2D eigenvalue weighted by atomic mass is 10.3. The molecular weight excluding hydrogens is 210 g/mol. The average Bonchev–Trinajstić information content (AvgIpc) is 2.42. The van der Waals surface area contributed by atoms with Crippen LogP contribution in [0.4, 0.5) is 0 Å². The van der Waals surface area contributed by atoms with Crippen molar-refractivity contribution >= 4 is 27.3 Å². The molecular formula is C7H8BrNS. The molecule has 1 nitrogen and oxygen atoms in total. The molecule has 0 aliphatic heterocycles. The molecule has 2 rings (SSSR count). The fourth-order valence-electron chi connectivity index (χ4n) is 1.07. The lowest BCUT2D eigenvalue weighted by molar-refractivity contribution is 1.01. The third-order valence-electron chi connectivity index (χ3n) is 1.80. The second-order valence-corrected chi connectivity index (χ2v) is 5.14. The fourth-order valence-corrected chi connectivity index (χ4v) is 2.68. The van der Waals surface area contributed by atoms with Crippen LogP contribution in [0.3, 0.4) is 0 Å². The van der Waals surface area contributed by atoms with Crippen LogP contribution in [0.5, 0.6) is 0 Å². The van der Waals surface area contributed by atoms with E-state index in [-0.39, 0.29) is 0 Å². The van der Waals surface area contributed by atoms with Crippen LogP contribution in [0.1, 0.15) is 17.2 Å². The molecule has 3 heteroatoms. The Labute approximate surface area is 72.4 Å². The van der Waals surface area contributed by atoms with Crippen LogP contribution in [0.2, 0.25) is 0 Å². The first-order valence-corrected chi connectivity index (χ1v) is 4.89. The molecule has 10 heavy (non-hydrogen) atoms. The molecule has 2 atom stereocenters. The van der Waals surface area contributed by atoms with Gasteiger partial charge in [-0.3, -0.25) is 0 Å². The Kier molecular flexibility index (Phi) is 1.59. The molecule has 2 unspecified atom stereocenters. The SMILES string of the molecule is NC1CC1c1ccc(Br)s1. The number of hydrogen-bond donors (Lipinski definition) is 1. The molecule has 0 bridgehead atoms. The van der Waals surface area contributed by atoms with Gasteiger partial charge in [-0.25, -0.2) is 0 Å². The van der Waals surface area contributed by atoms with Gasteiger partial charge in [-0.2, -0.15) is 0 Å². The van der Waals surface area contributed by atoms with Crippen LogP contribution in [-0.4, -0.2) is 6.04 Å². The third kappa shape index (κ3) is 1.13. The molecule has 0 amide bonds. The van der Waals surface area contributed by atoms with Gasteiger partial charge < -0.3 is 5.73 Å². The van der Waals surface area contributed by atoms with Crippen LogP contribution in [-0.2, 0) is 0 Å². The van der Waals surface area contributed by atoms with Gasteiger partial charge >= 0.3 is 0 Å².